The third kappa shape index (κ3) is 45.7. The first-order chi connectivity index (χ1) is 30.0. The van der Waals surface area contributed by atoms with Crippen molar-refractivity contribution in [3.63, 3.8) is 0 Å². The summed E-state index contributed by atoms with van der Waals surface area (Å²) in [6, 6.07) is -0.852. The molecule has 0 aromatic rings. The van der Waals surface area contributed by atoms with Crippen molar-refractivity contribution in [2.45, 2.75) is 206 Å². The summed E-state index contributed by atoms with van der Waals surface area (Å²) >= 11 is 0. The second-order valence-corrected chi connectivity index (χ2v) is 19.3. The third-order valence-corrected chi connectivity index (χ3v) is 11.6. The zero-order valence-corrected chi connectivity index (χ0v) is 41.5. The van der Waals surface area contributed by atoms with Crippen LogP contribution in [0.1, 0.15) is 194 Å². The van der Waals surface area contributed by atoms with Gasteiger partial charge in [-0.15, -0.1) is 0 Å². The second-order valence-electron chi connectivity index (χ2n) is 17.8. The number of hydrogen-bond donors (Lipinski definition) is 3. The van der Waals surface area contributed by atoms with Gasteiger partial charge in [-0.2, -0.15) is 0 Å². The Kier molecular flexibility index (Phi) is 42.3. The van der Waals surface area contributed by atoms with Crippen molar-refractivity contribution < 1.29 is 32.9 Å². The predicted octanol–water partition coefficient (Wildman–Crippen LogP) is 14.5. The number of phosphoric acid groups is 1. The summed E-state index contributed by atoms with van der Waals surface area (Å²) in [4.78, 5) is 23.2. The number of carbonyl (C=O) groups is 1. The van der Waals surface area contributed by atoms with Gasteiger partial charge in [-0.3, -0.25) is 13.8 Å². The molecular weight excluding hydrogens is 792 g/mol. The molecule has 8 nitrogen and oxygen atoms in total. The van der Waals surface area contributed by atoms with Gasteiger partial charge in [-0.05, 0) is 70.6 Å². The molecule has 3 atom stereocenters. The molecule has 3 unspecified atom stereocenters. The van der Waals surface area contributed by atoms with Crippen molar-refractivity contribution in [3.05, 3.63) is 85.1 Å². The zero-order chi connectivity index (χ0) is 45.7. The summed E-state index contributed by atoms with van der Waals surface area (Å²) in [5.41, 5.74) is 0. The van der Waals surface area contributed by atoms with Crippen LogP contribution in [-0.2, 0) is 18.4 Å². The van der Waals surface area contributed by atoms with Crippen molar-refractivity contribution in [1.29, 1.82) is 0 Å². The number of nitrogens with one attached hydrogen (secondary N) is 1. The van der Waals surface area contributed by atoms with Gasteiger partial charge >= 0.3 is 7.82 Å². The van der Waals surface area contributed by atoms with E-state index >= 15 is 0 Å². The van der Waals surface area contributed by atoms with Crippen LogP contribution in [0.5, 0.6) is 0 Å². The van der Waals surface area contributed by atoms with Crippen LogP contribution in [0, 0.1) is 0 Å². The van der Waals surface area contributed by atoms with Gasteiger partial charge in [-0.25, -0.2) is 4.57 Å². The van der Waals surface area contributed by atoms with Gasteiger partial charge < -0.3 is 19.8 Å². The standard InChI is InChI=1S/C53H95N2O6P/c1-6-8-10-12-14-16-18-19-20-21-22-23-24-25-26-27-28-29-30-31-32-33-34-35-37-39-41-43-45-47-53(57)54-51(50-61-62(58,59)60-49-48-55(3,4)5)52(56)46-44-42-40-38-36-17-15-13-11-9-7-2/h8,10,14,16,19-20,22-23,25-26,28-29,44,46,51-52,56H,6-7,9,11-13,15,17-18,21,24,27,30-43,45,47-50H2,1-5H3,(H-,54,57,58,59)/p+1/b10-8-,16-14-,20-19-,23-22-,26-25-,29-28-,46-44+. The maximum Gasteiger partial charge on any atom is 0.472 e. The fraction of sp³-hybridized carbons (Fsp3) is 0.717. The second kappa shape index (κ2) is 43.9. The van der Waals surface area contributed by atoms with Crippen LogP contribution in [0.25, 0.3) is 0 Å². The van der Waals surface area contributed by atoms with Crippen molar-refractivity contribution in [2.75, 3.05) is 40.9 Å². The molecule has 0 saturated heterocycles. The van der Waals surface area contributed by atoms with Crippen molar-refractivity contribution in [1.82, 2.24) is 5.32 Å². The molecule has 358 valence electrons. The van der Waals surface area contributed by atoms with Crippen LogP contribution < -0.4 is 5.32 Å². The maximum atomic E-state index is 12.9. The van der Waals surface area contributed by atoms with Gasteiger partial charge in [0.15, 0.2) is 0 Å². The van der Waals surface area contributed by atoms with E-state index in [4.69, 9.17) is 9.05 Å². The lowest BCUT2D eigenvalue weighted by Crippen LogP contribution is -2.45. The number of carbonyl (C=O) groups excluding carboxylic acids is 1. The number of aliphatic hydroxyl groups is 1. The van der Waals surface area contributed by atoms with Gasteiger partial charge in [0.1, 0.15) is 13.2 Å². The summed E-state index contributed by atoms with van der Waals surface area (Å²) in [5.74, 6) is -0.187. The molecular formula is C53H96N2O6P+. The van der Waals surface area contributed by atoms with E-state index in [2.05, 4.69) is 92.1 Å². The normalized spacial score (nSPS) is 14.9. The molecule has 0 radical (unpaired) electrons. The van der Waals surface area contributed by atoms with Gasteiger partial charge in [0.25, 0.3) is 0 Å². The molecule has 62 heavy (non-hydrogen) atoms. The molecule has 0 aliphatic heterocycles. The van der Waals surface area contributed by atoms with E-state index in [1.54, 1.807) is 6.08 Å². The number of nitrogens with zero attached hydrogens (tertiary/aromatic N) is 1. The van der Waals surface area contributed by atoms with Crippen molar-refractivity contribution in [3.8, 4) is 0 Å². The monoisotopic (exact) mass is 888 g/mol. The number of likely N-dealkylation sites (N-methyl/N-ethyl adjacent to an activating group) is 1. The highest BCUT2D eigenvalue weighted by Gasteiger charge is 2.27. The average Bonchev–Trinajstić information content (AvgIpc) is 3.23. The van der Waals surface area contributed by atoms with Crippen molar-refractivity contribution in [2.24, 2.45) is 0 Å². The highest BCUT2D eigenvalue weighted by molar-refractivity contribution is 7.47. The Labute approximate surface area is 382 Å². The van der Waals surface area contributed by atoms with E-state index in [0.29, 0.717) is 17.4 Å². The number of quaternary nitrogens is 1. The molecule has 0 bridgehead atoms. The van der Waals surface area contributed by atoms with Gasteiger partial charge in [0, 0.05) is 6.42 Å². The van der Waals surface area contributed by atoms with Crippen LogP contribution in [0.2, 0.25) is 0 Å². The zero-order valence-electron chi connectivity index (χ0n) is 40.6. The molecule has 1 amide bonds. The molecule has 0 spiro atoms. The topological polar surface area (TPSA) is 105 Å². The number of phosphoric ester groups is 1. The third-order valence-electron chi connectivity index (χ3n) is 10.6. The smallest absolute Gasteiger partial charge is 0.387 e. The molecule has 0 aliphatic carbocycles. The van der Waals surface area contributed by atoms with Gasteiger partial charge in [0.05, 0.1) is 39.9 Å². The minimum atomic E-state index is -4.34. The van der Waals surface area contributed by atoms with Crippen LogP contribution in [0.15, 0.2) is 85.1 Å². The number of allylic oxidation sites excluding steroid dienone is 13. The first-order valence-electron chi connectivity index (χ1n) is 25.0. The molecule has 9 heteroatoms. The number of unbranched alkanes of at least 4 members (excludes halogenated alkanes) is 19. The Morgan fingerprint density at radius 3 is 1.42 bits per heavy atom. The quantitative estimate of drug-likeness (QED) is 0.0244. The van der Waals surface area contributed by atoms with Crippen LogP contribution in [0.4, 0.5) is 0 Å². The van der Waals surface area contributed by atoms with Crippen LogP contribution in [0.3, 0.4) is 0 Å². The lowest BCUT2D eigenvalue weighted by molar-refractivity contribution is -0.870. The van der Waals surface area contributed by atoms with E-state index in [9.17, 15) is 19.4 Å². The highest BCUT2D eigenvalue weighted by Crippen LogP contribution is 2.43. The molecule has 0 fully saturated rings. The largest absolute Gasteiger partial charge is 0.472 e. The van der Waals surface area contributed by atoms with Crippen LogP contribution in [-0.4, -0.2) is 73.4 Å². The Morgan fingerprint density at radius 1 is 0.565 bits per heavy atom. The first-order valence-corrected chi connectivity index (χ1v) is 26.5. The van der Waals surface area contributed by atoms with E-state index < -0.39 is 20.0 Å². The molecule has 0 aromatic carbocycles. The summed E-state index contributed by atoms with van der Waals surface area (Å²) in [6.07, 6.45) is 60.9. The lowest BCUT2D eigenvalue weighted by atomic mass is 10.0. The van der Waals surface area contributed by atoms with Gasteiger partial charge in [-0.1, -0.05) is 202 Å². The molecule has 0 rings (SSSR count). The van der Waals surface area contributed by atoms with E-state index in [1.165, 1.54) is 89.9 Å². The maximum absolute atomic E-state index is 12.9. The molecule has 0 heterocycles. The van der Waals surface area contributed by atoms with E-state index in [0.717, 1.165) is 83.5 Å². The molecule has 0 saturated carbocycles. The average molecular weight is 888 g/mol. The van der Waals surface area contributed by atoms with E-state index in [-0.39, 0.29) is 19.1 Å². The molecule has 3 N–H and O–H groups in total. The fourth-order valence-corrected chi connectivity index (χ4v) is 7.43. The Morgan fingerprint density at radius 2 is 0.968 bits per heavy atom. The summed E-state index contributed by atoms with van der Waals surface area (Å²) in [5, 5.41) is 13.8. The fourth-order valence-electron chi connectivity index (χ4n) is 6.69. The van der Waals surface area contributed by atoms with Crippen molar-refractivity contribution >= 4 is 13.7 Å². The number of rotatable bonds is 44. The first kappa shape index (κ1) is 59.7. The summed E-state index contributed by atoms with van der Waals surface area (Å²) < 4.78 is 23.6. The summed E-state index contributed by atoms with van der Waals surface area (Å²) in [7, 11) is 1.56. The number of hydrogen-bond acceptors (Lipinski definition) is 5. The van der Waals surface area contributed by atoms with Crippen LogP contribution >= 0.6 is 7.82 Å². The minimum Gasteiger partial charge on any atom is -0.387 e. The highest BCUT2D eigenvalue weighted by atomic mass is 31.2. The number of amides is 1. The lowest BCUT2D eigenvalue weighted by Gasteiger charge is -2.25. The van der Waals surface area contributed by atoms with E-state index in [1.807, 2.05) is 27.2 Å². The predicted molar refractivity (Wildman–Crippen MR) is 267 cm³/mol. The Bertz CT molecular complexity index is 1280. The Balaban J connectivity index is 4.19. The summed E-state index contributed by atoms with van der Waals surface area (Å²) in [6.45, 7) is 4.67. The van der Waals surface area contributed by atoms with Gasteiger partial charge in [0.2, 0.25) is 5.91 Å². The number of aliphatic hydroxyl groups excluding tert-OH is 1. The Hall–Kier alpha value is -2.32. The molecule has 0 aliphatic rings. The molecule has 0 aromatic heterocycles. The SMILES string of the molecule is CC/C=C\C/C=C\C/C=C\C/C=C\C/C=C\C/C=C\CCCCCCCCCCCCC(=O)NC(COP(=O)(O)OCC[N+](C)(C)C)C(O)/C=C/CCCCCCCCCCC. The minimum absolute atomic E-state index is 0.0568.